The summed E-state index contributed by atoms with van der Waals surface area (Å²) >= 11 is 1.51. The molecule has 0 bridgehead atoms. The average Bonchev–Trinajstić information content (AvgIpc) is 3.02. The second-order valence-corrected chi connectivity index (χ2v) is 6.25. The molecule has 3 rings (SSSR count). The molecule has 0 atom stereocenters. The molecule has 1 saturated heterocycles. The number of benzene rings is 2. The molecule has 2 aromatic rings. The van der Waals surface area contributed by atoms with Gasteiger partial charge in [-0.25, -0.2) is 5.43 Å². The number of nitrogens with one attached hydrogen (secondary N) is 1. The minimum absolute atomic E-state index is 0.00882. The van der Waals surface area contributed by atoms with Gasteiger partial charge in [-0.05, 0) is 0 Å². The molecule has 0 radical (unpaired) electrons. The number of amides is 2. The molecule has 5 nitrogen and oxygen atoms in total. The highest BCUT2D eigenvalue weighted by Gasteiger charge is 2.22. The lowest BCUT2D eigenvalue weighted by Gasteiger charge is -2.13. The van der Waals surface area contributed by atoms with Gasteiger partial charge in [0.2, 0.25) is 5.91 Å². The van der Waals surface area contributed by atoms with E-state index < -0.39 is 0 Å². The molecule has 24 heavy (non-hydrogen) atoms. The van der Waals surface area contributed by atoms with Crippen molar-refractivity contribution in [1.82, 2.24) is 10.3 Å². The van der Waals surface area contributed by atoms with Gasteiger partial charge in [0.1, 0.15) is 6.54 Å². The third kappa shape index (κ3) is 4.02. The molecule has 0 aliphatic carbocycles. The van der Waals surface area contributed by atoms with Gasteiger partial charge in [0, 0.05) is 11.1 Å². The zero-order valence-corrected chi connectivity index (χ0v) is 13.8. The Kier molecular flexibility index (Phi) is 5.28. The van der Waals surface area contributed by atoms with Crippen LogP contribution in [0.4, 0.5) is 0 Å². The number of rotatable bonds is 5. The molecule has 0 unspecified atom stereocenters. The van der Waals surface area contributed by atoms with Crippen molar-refractivity contribution < 1.29 is 9.59 Å². The monoisotopic (exact) mass is 339 g/mol. The van der Waals surface area contributed by atoms with Crippen LogP contribution in [0.2, 0.25) is 0 Å². The molecular weight excluding hydrogens is 322 g/mol. The normalized spacial score (nSPS) is 13.7. The first kappa shape index (κ1) is 16.3. The quantitative estimate of drug-likeness (QED) is 0.670. The van der Waals surface area contributed by atoms with Crippen molar-refractivity contribution in [3.05, 3.63) is 71.8 Å². The van der Waals surface area contributed by atoms with Gasteiger partial charge < -0.3 is 4.90 Å². The summed E-state index contributed by atoms with van der Waals surface area (Å²) in [6.07, 6.45) is 0. The summed E-state index contributed by atoms with van der Waals surface area (Å²) < 4.78 is 0. The van der Waals surface area contributed by atoms with Crippen LogP contribution in [0.1, 0.15) is 11.1 Å². The molecule has 2 amide bonds. The van der Waals surface area contributed by atoms with E-state index in [9.17, 15) is 9.59 Å². The molecule has 6 heteroatoms. The maximum Gasteiger partial charge on any atom is 0.259 e. The molecule has 1 aliphatic heterocycles. The van der Waals surface area contributed by atoms with Gasteiger partial charge in [-0.3, -0.25) is 9.59 Å². The second-order valence-electron chi connectivity index (χ2n) is 5.30. The highest BCUT2D eigenvalue weighted by atomic mass is 32.2. The van der Waals surface area contributed by atoms with Gasteiger partial charge in [0.25, 0.3) is 5.91 Å². The smallest absolute Gasteiger partial charge is 0.259 e. The zero-order valence-electron chi connectivity index (χ0n) is 13.0. The van der Waals surface area contributed by atoms with Crippen LogP contribution in [0.3, 0.4) is 0 Å². The zero-order chi connectivity index (χ0) is 16.8. The lowest BCUT2D eigenvalue weighted by Crippen LogP contribution is -2.36. The van der Waals surface area contributed by atoms with Crippen molar-refractivity contribution in [3.8, 4) is 0 Å². The Balaban J connectivity index is 1.77. The minimum atomic E-state index is -0.296. The predicted molar refractivity (Wildman–Crippen MR) is 95.7 cm³/mol. The molecule has 1 N–H and O–H groups in total. The lowest BCUT2D eigenvalue weighted by molar-refractivity contribution is -0.132. The molecule has 2 aromatic carbocycles. The van der Waals surface area contributed by atoms with Crippen LogP contribution in [0.25, 0.3) is 0 Å². The van der Waals surface area contributed by atoms with Crippen molar-refractivity contribution in [2.45, 2.75) is 0 Å². The maximum atomic E-state index is 12.1. The molecule has 122 valence electrons. The minimum Gasteiger partial charge on any atom is -0.323 e. The number of hydrazone groups is 1. The number of carbonyl (C=O) groups excluding carboxylic acids is 2. The van der Waals surface area contributed by atoms with E-state index in [0.29, 0.717) is 17.3 Å². The summed E-state index contributed by atoms with van der Waals surface area (Å²) in [5.41, 5.74) is 5.09. The average molecular weight is 339 g/mol. The highest BCUT2D eigenvalue weighted by Crippen LogP contribution is 2.14. The topological polar surface area (TPSA) is 61.8 Å². The highest BCUT2D eigenvalue weighted by molar-refractivity contribution is 8.00. The van der Waals surface area contributed by atoms with E-state index >= 15 is 0 Å². The van der Waals surface area contributed by atoms with E-state index in [1.165, 1.54) is 16.7 Å². The maximum absolute atomic E-state index is 12.1. The van der Waals surface area contributed by atoms with E-state index in [0.717, 1.165) is 11.1 Å². The number of nitrogens with zero attached hydrogens (tertiary/aromatic N) is 2. The van der Waals surface area contributed by atoms with Gasteiger partial charge in [-0.15, -0.1) is 11.8 Å². The summed E-state index contributed by atoms with van der Waals surface area (Å²) in [5, 5.41) is 4.30. The van der Waals surface area contributed by atoms with Crippen LogP contribution in [-0.2, 0) is 9.59 Å². The van der Waals surface area contributed by atoms with Crippen molar-refractivity contribution in [1.29, 1.82) is 0 Å². The van der Waals surface area contributed by atoms with Crippen LogP contribution in [0.15, 0.2) is 65.8 Å². The summed E-state index contributed by atoms with van der Waals surface area (Å²) in [7, 11) is 0. The SMILES string of the molecule is O=C(CN1CSCC1=O)NN=C(c1ccccc1)c1ccccc1. The summed E-state index contributed by atoms with van der Waals surface area (Å²) in [6.45, 7) is 0.0339. The Bertz CT molecular complexity index is 706. The van der Waals surface area contributed by atoms with Crippen LogP contribution in [-0.4, -0.2) is 40.6 Å². The second kappa shape index (κ2) is 7.79. The van der Waals surface area contributed by atoms with Crippen LogP contribution >= 0.6 is 11.8 Å². The largest absolute Gasteiger partial charge is 0.323 e. The molecule has 0 spiro atoms. The van der Waals surface area contributed by atoms with E-state index in [1.807, 2.05) is 60.7 Å². The first-order chi connectivity index (χ1) is 11.7. The number of carbonyl (C=O) groups is 2. The number of thioether (sulfide) groups is 1. The van der Waals surface area contributed by atoms with E-state index in [4.69, 9.17) is 0 Å². The lowest BCUT2D eigenvalue weighted by atomic mass is 10.0. The van der Waals surface area contributed by atoms with E-state index in [2.05, 4.69) is 10.5 Å². The Morgan fingerprint density at radius 2 is 1.62 bits per heavy atom. The molecule has 0 saturated carbocycles. The Hall–Kier alpha value is -2.60. The van der Waals surface area contributed by atoms with Gasteiger partial charge in [0.05, 0.1) is 17.3 Å². The van der Waals surface area contributed by atoms with Crippen LogP contribution in [0.5, 0.6) is 0 Å². The Morgan fingerprint density at radius 1 is 1.04 bits per heavy atom. The van der Waals surface area contributed by atoms with Crippen molar-refractivity contribution in [2.75, 3.05) is 18.2 Å². The van der Waals surface area contributed by atoms with Gasteiger partial charge in [0.15, 0.2) is 0 Å². The van der Waals surface area contributed by atoms with Gasteiger partial charge >= 0.3 is 0 Å². The first-order valence-electron chi connectivity index (χ1n) is 7.57. The van der Waals surface area contributed by atoms with Gasteiger partial charge in [-0.1, -0.05) is 60.7 Å². The molecule has 1 aliphatic rings. The third-order valence-corrected chi connectivity index (χ3v) is 4.49. The molecule has 0 aromatic heterocycles. The Morgan fingerprint density at radius 3 is 2.12 bits per heavy atom. The van der Waals surface area contributed by atoms with Crippen LogP contribution in [0, 0.1) is 0 Å². The van der Waals surface area contributed by atoms with Gasteiger partial charge in [-0.2, -0.15) is 5.10 Å². The fraction of sp³-hybridized carbons (Fsp3) is 0.167. The van der Waals surface area contributed by atoms with E-state index in [1.54, 1.807) is 0 Å². The molecular formula is C18H17N3O2S. The predicted octanol–water partition coefficient (Wildman–Crippen LogP) is 2.09. The van der Waals surface area contributed by atoms with Crippen molar-refractivity contribution >= 4 is 29.3 Å². The standard InChI is InChI=1S/C18H17N3O2S/c22-16(11-21-13-24-12-17(21)23)19-20-18(14-7-3-1-4-8-14)15-9-5-2-6-10-15/h1-10H,11-13H2,(H,19,22). The van der Waals surface area contributed by atoms with Crippen molar-refractivity contribution in [3.63, 3.8) is 0 Å². The van der Waals surface area contributed by atoms with E-state index in [-0.39, 0.29) is 18.4 Å². The number of hydrogen-bond acceptors (Lipinski definition) is 4. The summed E-state index contributed by atoms with van der Waals surface area (Å²) in [6, 6.07) is 19.3. The molecule has 1 fully saturated rings. The fourth-order valence-corrected chi connectivity index (χ4v) is 3.26. The summed E-state index contributed by atoms with van der Waals surface area (Å²) in [4.78, 5) is 25.2. The molecule has 1 heterocycles. The summed E-state index contributed by atoms with van der Waals surface area (Å²) in [5.74, 6) is 0.691. The Labute approximate surface area is 144 Å². The van der Waals surface area contributed by atoms with Crippen molar-refractivity contribution in [2.24, 2.45) is 5.10 Å². The first-order valence-corrected chi connectivity index (χ1v) is 8.72. The fourth-order valence-electron chi connectivity index (χ4n) is 2.36. The van der Waals surface area contributed by atoms with Crippen LogP contribution < -0.4 is 5.43 Å². The third-order valence-electron chi connectivity index (χ3n) is 3.55. The number of hydrogen-bond donors (Lipinski definition) is 1.